The van der Waals surface area contributed by atoms with Crippen LogP contribution in [0.25, 0.3) is 10.8 Å². The number of aromatic nitrogens is 1. The highest BCUT2D eigenvalue weighted by Crippen LogP contribution is 2.33. The predicted octanol–water partition coefficient (Wildman–Crippen LogP) is 2.79. The normalized spacial score (nSPS) is 14.6. The van der Waals surface area contributed by atoms with Gasteiger partial charge in [0.15, 0.2) is 0 Å². The zero-order chi connectivity index (χ0) is 24.5. The minimum absolute atomic E-state index is 0.00227. The van der Waals surface area contributed by atoms with Crippen molar-refractivity contribution in [2.45, 2.75) is 24.8 Å². The molecule has 34 heavy (non-hydrogen) atoms. The second-order valence-corrected chi connectivity index (χ2v) is 10.1. The van der Waals surface area contributed by atoms with Gasteiger partial charge in [0.25, 0.3) is 11.6 Å². The van der Waals surface area contributed by atoms with Crippen LogP contribution in [-0.2, 0) is 10.0 Å². The molecule has 1 aromatic heterocycles. The van der Waals surface area contributed by atoms with Gasteiger partial charge in [0.2, 0.25) is 10.0 Å². The van der Waals surface area contributed by atoms with E-state index in [1.165, 1.54) is 24.4 Å². The van der Waals surface area contributed by atoms with Crippen LogP contribution in [0, 0.1) is 10.1 Å². The van der Waals surface area contributed by atoms with E-state index in [1.807, 2.05) is 0 Å². The van der Waals surface area contributed by atoms with Gasteiger partial charge in [-0.1, -0.05) is 6.07 Å². The lowest BCUT2D eigenvalue weighted by Crippen LogP contribution is -2.48. The lowest BCUT2D eigenvalue weighted by atomic mass is 10.1. The zero-order valence-electron chi connectivity index (χ0n) is 18.8. The first-order valence-electron chi connectivity index (χ1n) is 10.8. The number of nitro benzene ring substituents is 1. The summed E-state index contributed by atoms with van der Waals surface area (Å²) in [5.41, 5.74) is 1.16. The Hall–Kier alpha value is -3.57. The van der Waals surface area contributed by atoms with Crippen molar-refractivity contribution in [2.75, 3.05) is 31.1 Å². The number of amides is 1. The Morgan fingerprint density at radius 3 is 2.50 bits per heavy atom. The molecule has 10 nitrogen and oxygen atoms in total. The average molecular weight is 484 g/mol. The predicted molar refractivity (Wildman–Crippen MR) is 128 cm³/mol. The molecule has 1 fully saturated rings. The Morgan fingerprint density at radius 2 is 1.82 bits per heavy atom. The maximum atomic E-state index is 13.1. The first-order chi connectivity index (χ1) is 16.2. The van der Waals surface area contributed by atoms with Gasteiger partial charge in [-0.2, -0.15) is 0 Å². The molecule has 2 aromatic carbocycles. The third kappa shape index (κ3) is 4.70. The number of nitrogens with one attached hydrogen (secondary N) is 1. The van der Waals surface area contributed by atoms with Crippen molar-refractivity contribution in [3.05, 3.63) is 70.5 Å². The SMILES string of the molecule is CC(C)NS(=O)(=O)c1cccc(C(=O)N2CCN(c3ccc([N+](=O)[O-])c4cnccc34)CC2)c1. The highest BCUT2D eigenvalue weighted by molar-refractivity contribution is 7.89. The molecule has 178 valence electrons. The third-order valence-electron chi connectivity index (χ3n) is 5.66. The number of piperazine rings is 1. The van der Waals surface area contributed by atoms with Gasteiger partial charge in [0.1, 0.15) is 0 Å². The summed E-state index contributed by atoms with van der Waals surface area (Å²) in [6.07, 6.45) is 3.09. The molecule has 3 aromatic rings. The summed E-state index contributed by atoms with van der Waals surface area (Å²) in [5.74, 6) is -0.237. The topological polar surface area (TPSA) is 126 Å². The van der Waals surface area contributed by atoms with Crippen LogP contribution in [-0.4, -0.2) is 61.4 Å². The molecule has 1 N–H and O–H groups in total. The molecule has 0 spiro atoms. The fraction of sp³-hybridized carbons (Fsp3) is 0.304. The number of carbonyl (C=O) groups excluding carboxylic acids is 1. The largest absolute Gasteiger partial charge is 0.367 e. The summed E-state index contributed by atoms with van der Waals surface area (Å²) in [6.45, 7) is 5.41. The summed E-state index contributed by atoms with van der Waals surface area (Å²) < 4.78 is 27.5. The maximum absolute atomic E-state index is 13.1. The van der Waals surface area contributed by atoms with Crippen LogP contribution in [0.3, 0.4) is 0 Å². The van der Waals surface area contributed by atoms with Gasteiger partial charge in [-0.25, -0.2) is 13.1 Å². The van der Waals surface area contributed by atoms with Gasteiger partial charge in [-0.15, -0.1) is 0 Å². The minimum Gasteiger partial charge on any atom is -0.367 e. The lowest BCUT2D eigenvalue weighted by molar-refractivity contribution is -0.383. The van der Waals surface area contributed by atoms with Crippen LogP contribution in [0.4, 0.5) is 11.4 Å². The van der Waals surface area contributed by atoms with E-state index in [9.17, 15) is 23.3 Å². The standard InChI is InChI=1S/C23H25N5O5S/c1-16(2)25-34(32,33)18-5-3-4-17(14-18)23(29)27-12-10-26(11-13-27)21-6-7-22(28(30)31)20-15-24-9-8-19(20)21/h3-9,14-16,25H,10-13H2,1-2H3. The van der Waals surface area contributed by atoms with E-state index < -0.39 is 14.9 Å². The molecule has 0 unspecified atom stereocenters. The lowest BCUT2D eigenvalue weighted by Gasteiger charge is -2.36. The number of nitro groups is 1. The van der Waals surface area contributed by atoms with Gasteiger partial charge >= 0.3 is 0 Å². The quantitative estimate of drug-likeness (QED) is 0.422. The van der Waals surface area contributed by atoms with Crippen molar-refractivity contribution >= 4 is 38.1 Å². The number of rotatable bonds is 6. The van der Waals surface area contributed by atoms with E-state index in [0.717, 1.165) is 11.1 Å². The van der Waals surface area contributed by atoms with Crippen molar-refractivity contribution in [1.82, 2.24) is 14.6 Å². The van der Waals surface area contributed by atoms with Gasteiger partial charge in [0, 0.05) is 67.3 Å². The summed E-state index contributed by atoms with van der Waals surface area (Å²) in [4.78, 5) is 31.9. The Bertz CT molecular complexity index is 1350. The number of pyridine rings is 1. The van der Waals surface area contributed by atoms with Gasteiger partial charge in [-0.3, -0.25) is 19.9 Å². The first-order valence-corrected chi connectivity index (χ1v) is 12.3. The van der Waals surface area contributed by atoms with Crippen LogP contribution in [0.5, 0.6) is 0 Å². The fourth-order valence-corrected chi connectivity index (χ4v) is 5.40. The van der Waals surface area contributed by atoms with E-state index in [1.54, 1.807) is 49.2 Å². The molecular weight excluding hydrogens is 458 g/mol. The first kappa shape index (κ1) is 23.6. The number of carbonyl (C=O) groups is 1. The second kappa shape index (κ2) is 9.35. The van der Waals surface area contributed by atoms with Crippen LogP contribution in [0.2, 0.25) is 0 Å². The minimum atomic E-state index is -3.70. The number of nitrogens with zero attached hydrogens (tertiary/aromatic N) is 4. The molecule has 2 heterocycles. The fourth-order valence-electron chi connectivity index (χ4n) is 4.10. The molecule has 0 bridgehead atoms. The highest BCUT2D eigenvalue weighted by atomic mass is 32.2. The van der Waals surface area contributed by atoms with E-state index in [-0.39, 0.29) is 22.5 Å². The van der Waals surface area contributed by atoms with Crippen molar-refractivity contribution in [1.29, 1.82) is 0 Å². The molecule has 0 saturated carbocycles. The summed E-state index contributed by atoms with van der Waals surface area (Å²) in [7, 11) is -3.70. The monoisotopic (exact) mass is 483 g/mol. The van der Waals surface area contributed by atoms with E-state index in [0.29, 0.717) is 37.1 Å². The van der Waals surface area contributed by atoms with Crippen molar-refractivity contribution in [2.24, 2.45) is 0 Å². The molecular formula is C23H25N5O5S. The van der Waals surface area contributed by atoms with Crippen molar-refractivity contribution < 1.29 is 18.1 Å². The zero-order valence-corrected chi connectivity index (χ0v) is 19.7. The van der Waals surface area contributed by atoms with Gasteiger partial charge in [0.05, 0.1) is 15.2 Å². The van der Waals surface area contributed by atoms with E-state index in [2.05, 4.69) is 14.6 Å². The van der Waals surface area contributed by atoms with Crippen LogP contribution in [0.1, 0.15) is 24.2 Å². The molecule has 1 amide bonds. The summed E-state index contributed by atoms with van der Waals surface area (Å²) >= 11 is 0. The van der Waals surface area contributed by atoms with E-state index >= 15 is 0 Å². The number of non-ortho nitro benzene ring substituents is 1. The van der Waals surface area contributed by atoms with Crippen molar-refractivity contribution in [3.63, 3.8) is 0 Å². The molecule has 11 heteroatoms. The number of hydrogen-bond donors (Lipinski definition) is 1. The molecule has 0 atom stereocenters. The molecule has 0 radical (unpaired) electrons. The number of sulfonamides is 1. The molecule has 1 aliphatic heterocycles. The van der Waals surface area contributed by atoms with Crippen LogP contribution < -0.4 is 9.62 Å². The Kier molecular flexibility index (Phi) is 6.49. The van der Waals surface area contributed by atoms with Crippen LogP contribution >= 0.6 is 0 Å². The smallest absolute Gasteiger partial charge is 0.278 e. The number of fused-ring (bicyclic) bond motifs is 1. The van der Waals surface area contributed by atoms with Gasteiger partial charge in [-0.05, 0) is 44.2 Å². The van der Waals surface area contributed by atoms with Crippen LogP contribution in [0.15, 0.2) is 59.8 Å². The van der Waals surface area contributed by atoms with Crippen molar-refractivity contribution in [3.8, 4) is 0 Å². The Morgan fingerprint density at radius 1 is 1.09 bits per heavy atom. The summed E-state index contributed by atoms with van der Waals surface area (Å²) in [5, 5.41) is 12.6. The van der Waals surface area contributed by atoms with Gasteiger partial charge < -0.3 is 9.80 Å². The molecule has 1 aliphatic rings. The maximum Gasteiger partial charge on any atom is 0.278 e. The summed E-state index contributed by atoms with van der Waals surface area (Å²) in [6, 6.07) is 10.7. The molecule has 1 saturated heterocycles. The number of anilines is 1. The third-order valence-corrected chi connectivity index (χ3v) is 7.31. The second-order valence-electron chi connectivity index (χ2n) is 8.37. The Balaban J connectivity index is 1.51. The Labute approximate surface area is 197 Å². The number of hydrogen-bond acceptors (Lipinski definition) is 7. The van der Waals surface area contributed by atoms with E-state index in [4.69, 9.17) is 0 Å². The molecule has 0 aliphatic carbocycles. The molecule has 4 rings (SSSR count). The average Bonchev–Trinajstić information content (AvgIpc) is 2.82. The number of benzene rings is 2. The highest BCUT2D eigenvalue weighted by Gasteiger charge is 2.26.